The van der Waals surface area contributed by atoms with Crippen molar-refractivity contribution in [2.45, 2.75) is 26.7 Å². The third-order valence-electron chi connectivity index (χ3n) is 2.97. The molecule has 2 rings (SSSR count). The van der Waals surface area contributed by atoms with E-state index in [2.05, 4.69) is 15.3 Å². The highest BCUT2D eigenvalue weighted by Crippen LogP contribution is 2.34. The number of halogens is 1. The van der Waals surface area contributed by atoms with Crippen molar-refractivity contribution in [1.29, 1.82) is 0 Å². The van der Waals surface area contributed by atoms with E-state index in [1.165, 1.54) is 0 Å². The van der Waals surface area contributed by atoms with Gasteiger partial charge in [-0.05, 0) is 18.0 Å². The minimum Gasteiger partial charge on any atom is -0.323 e. The molecule has 80 valence electrons. The molecule has 2 heterocycles. The van der Waals surface area contributed by atoms with Gasteiger partial charge in [-0.2, -0.15) is 0 Å². The molecule has 0 aromatic carbocycles. The fourth-order valence-corrected chi connectivity index (χ4v) is 1.79. The summed E-state index contributed by atoms with van der Waals surface area (Å²) in [7, 11) is 0. The molecule has 1 aliphatic rings. The second kappa shape index (κ2) is 3.45. The zero-order valence-electron chi connectivity index (χ0n) is 8.67. The number of amides is 1. The summed E-state index contributed by atoms with van der Waals surface area (Å²) in [5.41, 5.74) is 1.11. The van der Waals surface area contributed by atoms with Crippen molar-refractivity contribution in [3.05, 3.63) is 17.2 Å². The van der Waals surface area contributed by atoms with Crippen molar-refractivity contribution in [1.82, 2.24) is 9.97 Å². The van der Waals surface area contributed by atoms with Gasteiger partial charge in [0.25, 0.3) is 0 Å². The summed E-state index contributed by atoms with van der Waals surface area (Å²) >= 11 is 5.71. The molecule has 0 spiro atoms. The van der Waals surface area contributed by atoms with Gasteiger partial charge in [0, 0.05) is 6.42 Å². The van der Waals surface area contributed by atoms with Crippen LogP contribution in [-0.4, -0.2) is 15.9 Å². The quantitative estimate of drug-likeness (QED) is 0.745. The third kappa shape index (κ3) is 1.69. The van der Waals surface area contributed by atoms with Gasteiger partial charge in [0.15, 0.2) is 0 Å². The largest absolute Gasteiger partial charge is 0.323 e. The molecule has 1 amide bonds. The lowest BCUT2D eigenvalue weighted by Gasteiger charge is -2.31. The Labute approximate surface area is 93.1 Å². The molecule has 1 N–H and O–H groups in total. The molecule has 0 radical (unpaired) electrons. The number of carbonyl (C=O) groups excluding carboxylic acids is 1. The highest BCUT2D eigenvalue weighted by atomic mass is 35.5. The van der Waals surface area contributed by atoms with Gasteiger partial charge in [-0.25, -0.2) is 9.97 Å². The number of anilines is 1. The van der Waals surface area contributed by atoms with Crippen LogP contribution in [0.2, 0.25) is 5.28 Å². The maximum absolute atomic E-state index is 11.8. The van der Waals surface area contributed by atoms with Crippen molar-refractivity contribution in [3.63, 3.8) is 0 Å². The Hall–Kier alpha value is -1.16. The summed E-state index contributed by atoms with van der Waals surface area (Å²) in [5, 5.41) is 3.03. The zero-order chi connectivity index (χ0) is 11.1. The lowest BCUT2D eigenvalue weighted by atomic mass is 9.79. The summed E-state index contributed by atoms with van der Waals surface area (Å²) in [5.74, 6) is 0.0309. The topological polar surface area (TPSA) is 54.9 Å². The van der Waals surface area contributed by atoms with Crippen molar-refractivity contribution in [2.24, 2.45) is 5.41 Å². The second-order valence-corrected chi connectivity index (χ2v) is 4.38. The average Bonchev–Trinajstić information content (AvgIpc) is 2.20. The third-order valence-corrected chi connectivity index (χ3v) is 3.15. The number of rotatable bonds is 1. The van der Waals surface area contributed by atoms with E-state index in [0.29, 0.717) is 12.1 Å². The van der Waals surface area contributed by atoms with Crippen molar-refractivity contribution in [3.8, 4) is 0 Å². The van der Waals surface area contributed by atoms with Gasteiger partial charge in [0.05, 0.1) is 23.0 Å². The molecule has 1 aromatic heterocycles. The summed E-state index contributed by atoms with van der Waals surface area (Å²) in [4.78, 5) is 19.8. The monoisotopic (exact) mass is 225 g/mol. The standard InChI is InChI=1S/C10H12ClN3O/c1-3-10(2)4-6-7(13-8(10)15)5-12-9(11)14-6/h5H,3-4H2,1-2H3,(H,13,15)/t10-/m0/s1. The second-order valence-electron chi connectivity index (χ2n) is 4.04. The van der Waals surface area contributed by atoms with E-state index in [0.717, 1.165) is 12.1 Å². The average molecular weight is 226 g/mol. The van der Waals surface area contributed by atoms with Crippen LogP contribution < -0.4 is 5.32 Å². The van der Waals surface area contributed by atoms with Crippen LogP contribution in [0.25, 0.3) is 0 Å². The minimum absolute atomic E-state index is 0.0309. The normalized spacial score (nSPS) is 24.6. The molecule has 0 fully saturated rings. The van der Waals surface area contributed by atoms with E-state index in [1.807, 2.05) is 13.8 Å². The van der Waals surface area contributed by atoms with E-state index in [-0.39, 0.29) is 16.6 Å². The molecule has 0 saturated heterocycles. The van der Waals surface area contributed by atoms with Gasteiger partial charge in [0.1, 0.15) is 0 Å². The molecule has 0 saturated carbocycles. The molecule has 0 aliphatic carbocycles. The van der Waals surface area contributed by atoms with Crippen LogP contribution in [0.5, 0.6) is 0 Å². The Kier molecular flexibility index (Phi) is 2.38. The van der Waals surface area contributed by atoms with Crippen LogP contribution in [0, 0.1) is 5.41 Å². The molecule has 1 aliphatic heterocycles. The Balaban J connectivity index is 2.43. The maximum atomic E-state index is 11.8. The van der Waals surface area contributed by atoms with E-state index in [1.54, 1.807) is 6.20 Å². The number of aromatic nitrogens is 2. The fraction of sp³-hybridized carbons (Fsp3) is 0.500. The number of hydrogen-bond acceptors (Lipinski definition) is 3. The molecule has 15 heavy (non-hydrogen) atoms. The van der Waals surface area contributed by atoms with Gasteiger partial charge in [-0.3, -0.25) is 4.79 Å². The lowest BCUT2D eigenvalue weighted by molar-refractivity contribution is -0.125. The van der Waals surface area contributed by atoms with Crippen molar-refractivity contribution >= 4 is 23.2 Å². The fourth-order valence-electron chi connectivity index (χ4n) is 1.64. The lowest BCUT2D eigenvalue weighted by Crippen LogP contribution is -2.39. The first-order chi connectivity index (χ1) is 7.05. The minimum atomic E-state index is -0.384. The van der Waals surface area contributed by atoms with Gasteiger partial charge in [0.2, 0.25) is 11.2 Å². The number of carbonyl (C=O) groups is 1. The summed E-state index contributed by atoms with van der Waals surface area (Å²) in [6, 6.07) is 0. The molecular formula is C10H12ClN3O. The Morgan fingerprint density at radius 2 is 2.40 bits per heavy atom. The summed E-state index contributed by atoms with van der Waals surface area (Å²) < 4.78 is 0. The molecule has 1 aromatic rings. The number of nitrogens with one attached hydrogen (secondary N) is 1. The van der Waals surface area contributed by atoms with Gasteiger partial charge >= 0.3 is 0 Å². The molecular weight excluding hydrogens is 214 g/mol. The van der Waals surface area contributed by atoms with Crippen LogP contribution in [0.4, 0.5) is 5.69 Å². The van der Waals surface area contributed by atoms with Crippen LogP contribution >= 0.6 is 11.6 Å². The maximum Gasteiger partial charge on any atom is 0.230 e. The predicted octanol–water partition coefficient (Wildman–Crippen LogP) is 2.04. The SMILES string of the molecule is CC[C@@]1(C)Cc2nc(Cl)ncc2NC1=O. The van der Waals surface area contributed by atoms with Gasteiger partial charge < -0.3 is 5.32 Å². The molecule has 5 heteroatoms. The molecule has 4 nitrogen and oxygen atoms in total. The molecule has 0 bridgehead atoms. The zero-order valence-corrected chi connectivity index (χ0v) is 9.43. The summed E-state index contributed by atoms with van der Waals surface area (Å²) in [6.07, 6.45) is 2.95. The van der Waals surface area contributed by atoms with E-state index >= 15 is 0 Å². The van der Waals surface area contributed by atoms with Gasteiger partial charge in [-0.15, -0.1) is 0 Å². The Bertz CT molecular complexity index is 421. The van der Waals surface area contributed by atoms with Crippen LogP contribution in [0.1, 0.15) is 26.0 Å². The first-order valence-electron chi connectivity index (χ1n) is 4.88. The van der Waals surface area contributed by atoms with E-state index in [4.69, 9.17) is 11.6 Å². The molecule has 0 unspecified atom stereocenters. The number of nitrogens with zero attached hydrogens (tertiary/aromatic N) is 2. The van der Waals surface area contributed by atoms with Crippen molar-refractivity contribution in [2.75, 3.05) is 5.32 Å². The first kappa shape index (κ1) is 10.4. The highest BCUT2D eigenvalue weighted by molar-refractivity contribution is 6.28. The number of hydrogen-bond donors (Lipinski definition) is 1. The first-order valence-corrected chi connectivity index (χ1v) is 5.26. The number of fused-ring (bicyclic) bond motifs is 1. The van der Waals surface area contributed by atoms with Crippen LogP contribution in [-0.2, 0) is 11.2 Å². The highest BCUT2D eigenvalue weighted by Gasteiger charge is 2.37. The molecule has 1 atom stereocenters. The van der Waals surface area contributed by atoms with Crippen LogP contribution in [0.3, 0.4) is 0 Å². The van der Waals surface area contributed by atoms with E-state index < -0.39 is 0 Å². The Morgan fingerprint density at radius 1 is 1.67 bits per heavy atom. The van der Waals surface area contributed by atoms with E-state index in [9.17, 15) is 4.79 Å². The van der Waals surface area contributed by atoms with Gasteiger partial charge in [-0.1, -0.05) is 13.8 Å². The summed E-state index contributed by atoms with van der Waals surface area (Å²) in [6.45, 7) is 3.93. The van der Waals surface area contributed by atoms with Crippen LogP contribution in [0.15, 0.2) is 6.20 Å². The predicted molar refractivity (Wildman–Crippen MR) is 57.8 cm³/mol. The van der Waals surface area contributed by atoms with Crippen molar-refractivity contribution < 1.29 is 4.79 Å². The Morgan fingerprint density at radius 3 is 3.07 bits per heavy atom. The smallest absolute Gasteiger partial charge is 0.230 e.